The molecule has 0 radical (unpaired) electrons. The van der Waals surface area contributed by atoms with Crippen LogP contribution in [0.25, 0.3) is 0 Å². The minimum absolute atomic E-state index is 0.0445. The molecule has 0 spiro atoms. The minimum Gasteiger partial charge on any atom is -0.355 e. The number of nitrogens with one attached hydrogen (secondary N) is 2. The van der Waals surface area contributed by atoms with Crippen molar-refractivity contribution in [2.45, 2.75) is 26.8 Å². The van der Waals surface area contributed by atoms with Crippen LogP contribution in [0.1, 0.15) is 32.4 Å². The molecule has 1 amide bonds. The lowest BCUT2D eigenvalue weighted by atomic mass is 10.2. The molecule has 17 heavy (non-hydrogen) atoms. The van der Waals surface area contributed by atoms with Gasteiger partial charge in [0.15, 0.2) is 0 Å². The number of carbonyl (C=O) groups excluding carboxylic acids is 1. The average Bonchev–Trinajstić information content (AvgIpc) is 2.70. The highest BCUT2D eigenvalue weighted by molar-refractivity contribution is 7.14. The second-order valence-electron chi connectivity index (χ2n) is 4.31. The Morgan fingerprint density at radius 1 is 1.41 bits per heavy atom. The van der Waals surface area contributed by atoms with E-state index >= 15 is 0 Å². The summed E-state index contributed by atoms with van der Waals surface area (Å²) in [6.45, 7) is 7.27. The van der Waals surface area contributed by atoms with E-state index in [-0.39, 0.29) is 17.9 Å². The molecular formula is C12H19ClN2OS. The van der Waals surface area contributed by atoms with Crippen LogP contribution in [-0.4, -0.2) is 19.0 Å². The zero-order valence-corrected chi connectivity index (χ0v) is 12.0. The summed E-state index contributed by atoms with van der Waals surface area (Å²) in [5, 5.41) is 8.26. The Balaban J connectivity index is 2.21. The lowest BCUT2D eigenvalue weighted by Gasteiger charge is -2.13. The van der Waals surface area contributed by atoms with Crippen LogP contribution in [0.15, 0.2) is 11.4 Å². The standard InChI is InChI=1S/C12H19ClN2OS/c1-8(2)12(16)15-5-4-14-9(3)10-6-11(13)17-7-10/h6-9,14H,4-5H2,1-3H3,(H,15,16). The Hall–Kier alpha value is -0.580. The van der Waals surface area contributed by atoms with Gasteiger partial charge in [-0.2, -0.15) is 0 Å². The summed E-state index contributed by atoms with van der Waals surface area (Å²) < 4.78 is 0.807. The largest absolute Gasteiger partial charge is 0.355 e. The third-order valence-electron chi connectivity index (χ3n) is 2.49. The molecule has 5 heteroatoms. The van der Waals surface area contributed by atoms with E-state index in [2.05, 4.69) is 17.6 Å². The molecule has 1 aromatic rings. The molecule has 1 aromatic heterocycles. The van der Waals surface area contributed by atoms with Crippen molar-refractivity contribution in [1.82, 2.24) is 10.6 Å². The van der Waals surface area contributed by atoms with E-state index < -0.39 is 0 Å². The summed E-state index contributed by atoms with van der Waals surface area (Å²) in [4.78, 5) is 11.3. The Labute approximate surface area is 112 Å². The maximum absolute atomic E-state index is 11.3. The molecule has 1 heterocycles. The minimum atomic E-state index is 0.0445. The fourth-order valence-electron chi connectivity index (χ4n) is 1.35. The third kappa shape index (κ3) is 5.06. The molecule has 0 fully saturated rings. The van der Waals surface area contributed by atoms with Crippen molar-refractivity contribution in [2.75, 3.05) is 13.1 Å². The fraction of sp³-hybridized carbons (Fsp3) is 0.583. The molecule has 1 unspecified atom stereocenters. The van der Waals surface area contributed by atoms with Gasteiger partial charge in [-0.05, 0) is 23.9 Å². The number of hydrogen-bond donors (Lipinski definition) is 2. The van der Waals surface area contributed by atoms with Gasteiger partial charge in [0, 0.05) is 25.0 Å². The van der Waals surface area contributed by atoms with Gasteiger partial charge >= 0.3 is 0 Å². The van der Waals surface area contributed by atoms with E-state index in [0.717, 1.165) is 10.9 Å². The first-order valence-corrected chi connectivity index (χ1v) is 7.01. The average molecular weight is 275 g/mol. The van der Waals surface area contributed by atoms with Gasteiger partial charge in [0.25, 0.3) is 0 Å². The quantitative estimate of drug-likeness (QED) is 0.783. The van der Waals surface area contributed by atoms with Crippen molar-refractivity contribution >= 4 is 28.8 Å². The molecule has 0 saturated heterocycles. The second-order valence-corrected chi connectivity index (χ2v) is 5.85. The highest BCUT2D eigenvalue weighted by Gasteiger charge is 2.08. The zero-order chi connectivity index (χ0) is 12.8. The summed E-state index contributed by atoms with van der Waals surface area (Å²) in [7, 11) is 0. The fourth-order valence-corrected chi connectivity index (χ4v) is 2.33. The van der Waals surface area contributed by atoms with Crippen molar-refractivity contribution in [1.29, 1.82) is 0 Å². The van der Waals surface area contributed by atoms with Gasteiger partial charge < -0.3 is 10.6 Å². The zero-order valence-electron chi connectivity index (χ0n) is 10.4. The van der Waals surface area contributed by atoms with Crippen LogP contribution in [0.3, 0.4) is 0 Å². The van der Waals surface area contributed by atoms with Crippen LogP contribution < -0.4 is 10.6 Å². The number of halogens is 1. The molecule has 0 aromatic carbocycles. The van der Waals surface area contributed by atoms with Crippen LogP contribution >= 0.6 is 22.9 Å². The Morgan fingerprint density at radius 2 is 2.12 bits per heavy atom. The molecular weight excluding hydrogens is 256 g/mol. The van der Waals surface area contributed by atoms with E-state index in [4.69, 9.17) is 11.6 Å². The third-order valence-corrected chi connectivity index (χ3v) is 3.60. The number of carbonyl (C=O) groups is 1. The molecule has 0 aliphatic rings. The first kappa shape index (κ1) is 14.5. The Bertz CT molecular complexity index is 365. The summed E-state index contributed by atoms with van der Waals surface area (Å²) in [5.74, 6) is 0.140. The van der Waals surface area contributed by atoms with Crippen LogP contribution in [0, 0.1) is 5.92 Å². The second kappa shape index (κ2) is 6.99. The van der Waals surface area contributed by atoms with Crippen molar-refractivity contribution in [2.24, 2.45) is 5.92 Å². The molecule has 1 atom stereocenters. The summed E-state index contributed by atoms with van der Waals surface area (Å²) in [6.07, 6.45) is 0. The normalized spacial score (nSPS) is 12.8. The molecule has 0 saturated carbocycles. The van der Waals surface area contributed by atoms with Gasteiger partial charge in [-0.25, -0.2) is 0 Å². The summed E-state index contributed by atoms with van der Waals surface area (Å²) >= 11 is 7.41. The van der Waals surface area contributed by atoms with Crippen LogP contribution in [-0.2, 0) is 4.79 Å². The Morgan fingerprint density at radius 3 is 2.65 bits per heavy atom. The van der Waals surface area contributed by atoms with Crippen molar-refractivity contribution in [3.05, 3.63) is 21.3 Å². The van der Waals surface area contributed by atoms with Gasteiger partial charge in [0.1, 0.15) is 0 Å². The van der Waals surface area contributed by atoms with Crippen LogP contribution in [0.5, 0.6) is 0 Å². The molecule has 2 N–H and O–H groups in total. The highest BCUT2D eigenvalue weighted by Crippen LogP contribution is 2.24. The van der Waals surface area contributed by atoms with Crippen LogP contribution in [0.4, 0.5) is 0 Å². The maximum Gasteiger partial charge on any atom is 0.222 e. The van der Waals surface area contributed by atoms with Gasteiger partial charge in [-0.15, -0.1) is 11.3 Å². The predicted molar refractivity (Wildman–Crippen MR) is 73.6 cm³/mol. The number of amides is 1. The first-order valence-electron chi connectivity index (χ1n) is 5.75. The monoisotopic (exact) mass is 274 g/mol. The Kier molecular flexibility index (Phi) is 5.95. The summed E-state index contributed by atoms with van der Waals surface area (Å²) in [6, 6.07) is 2.23. The molecule has 0 aliphatic carbocycles. The van der Waals surface area contributed by atoms with Gasteiger partial charge in [0.2, 0.25) is 5.91 Å². The SMILES string of the molecule is CC(C)C(=O)NCCNC(C)c1csc(Cl)c1. The van der Waals surface area contributed by atoms with Crippen molar-refractivity contribution in [3.63, 3.8) is 0 Å². The van der Waals surface area contributed by atoms with E-state index in [1.54, 1.807) is 0 Å². The molecule has 3 nitrogen and oxygen atoms in total. The lowest BCUT2D eigenvalue weighted by molar-refractivity contribution is -0.123. The van der Waals surface area contributed by atoms with E-state index in [1.807, 2.05) is 25.3 Å². The highest BCUT2D eigenvalue weighted by atomic mass is 35.5. The number of thiophene rings is 1. The van der Waals surface area contributed by atoms with Crippen molar-refractivity contribution in [3.8, 4) is 0 Å². The van der Waals surface area contributed by atoms with Gasteiger partial charge in [-0.1, -0.05) is 25.4 Å². The number of hydrogen-bond acceptors (Lipinski definition) is 3. The van der Waals surface area contributed by atoms with E-state index in [9.17, 15) is 4.79 Å². The smallest absolute Gasteiger partial charge is 0.222 e. The lowest BCUT2D eigenvalue weighted by Crippen LogP contribution is -2.34. The van der Waals surface area contributed by atoms with Gasteiger partial charge in [-0.3, -0.25) is 4.79 Å². The first-order chi connectivity index (χ1) is 8.00. The van der Waals surface area contributed by atoms with Crippen LogP contribution in [0.2, 0.25) is 4.34 Å². The summed E-state index contributed by atoms with van der Waals surface area (Å²) in [5.41, 5.74) is 1.19. The molecule has 96 valence electrons. The molecule has 1 rings (SSSR count). The van der Waals surface area contributed by atoms with Crippen molar-refractivity contribution < 1.29 is 4.79 Å². The predicted octanol–water partition coefficient (Wildman–Crippen LogP) is 2.82. The maximum atomic E-state index is 11.3. The number of rotatable bonds is 6. The topological polar surface area (TPSA) is 41.1 Å². The molecule has 0 aliphatic heterocycles. The van der Waals surface area contributed by atoms with Gasteiger partial charge in [0.05, 0.1) is 4.34 Å². The van der Waals surface area contributed by atoms with E-state index in [0.29, 0.717) is 6.54 Å². The molecule has 0 bridgehead atoms. The van der Waals surface area contributed by atoms with E-state index in [1.165, 1.54) is 16.9 Å².